The third-order valence-corrected chi connectivity index (χ3v) is 7.57. The average Bonchev–Trinajstić information content (AvgIpc) is 2.77. The van der Waals surface area contributed by atoms with E-state index in [-0.39, 0.29) is 24.0 Å². The number of benzene rings is 1. The van der Waals surface area contributed by atoms with Gasteiger partial charge in [-0.3, -0.25) is 9.20 Å². The lowest BCUT2D eigenvalue weighted by molar-refractivity contribution is 0.160. The Morgan fingerprint density at radius 3 is 2.48 bits per heavy atom. The van der Waals surface area contributed by atoms with Crippen molar-refractivity contribution in [1.29, 1.82) is 0 Å². The molecule has 1 saturated carbocycles. The molecule has 176 valence electrons. The van der Waals surface area contributed by atoms with Gasteiger partial charge in [0, 0.05) is 54.5 Å². The fourth-order valence-corrected chi connectivity index (χ4v) is 5.60. The highest BCUT2D eigenvalue weighted by atomic mass is 127. The van der Waals surface area contributed by atoms with Crippen LogP contribution >= 0.6 is 24.0 Å². The van der Waals surface area contributed by atoms with Crippen LogP contribution in [0.5, 0.6) is 0 Å². The fraction of sp³-hybridized carbons (Fsp3) is 0.708. The first-order chi connectivity index (χ1) is 14.7. The van der Waals surface area contributed by atoms with Crippen molar-refractivity contribution in [2.45, 2.75) is 63.7 Å². The van der Waals surface area contributed by atoms with Crippen LogP contribution in [0.4, 0.5) is 0 Å². The maximum absolute atomic E-state index is 12.3. The van der Waals surface area contributed by atoms with Gasteiger partial charge in [-0.25, -0.2) is 0 Å². The summed E-state index contributed by atoms with van der Waals surface area (Å²) in [6.07, 6.45) is 9.52. The minimum absolute atomic E-state index is 0. The number of guanidine groups is 1. The van der Waals surface area contributed by atoms with E-state index in [0.29, 0.717) is 24.1 Å². The van der Waals surface area contributed by atoms with E-state index in [4.69, 9.17) is 0 Å². The molecule has 1 aliphatic heterocycles. The third-order valence-electron chi connectivity index (χ3n) is 6.27. The molecule has 1 atom stereocenters. The fourth-order valence-electron chi connectivity index (χ4n) is 4.60. The van der Waals surface area contributed by atoms with E-state index in [1.165, 1.54) is 64.6 Å². The summed E-state index contributed by atoms with van der Waals surface area (Å²) in [6, 6.07) is 10.5. The molecule has 1 aromatic carbocycles. The predicted octanol–water partition coefficient (Wildman–Crippen LogP) is 4.15. The van der Waals surface area contributed by atoms with E-state index in [1.807, 2.05) is 30.3 Å². The molecule has 0 radical (unpaired) electrons. The van der Waals surface area contributed by atoms with Crippen molar-refractivity contribution in [1.82, 2.24) is 15.5 Å². The van der Waals surface area contributed by atoms with Crippen molar-refractivity contribution in [2.75, 3.05) is 38.5 Å². The summed E-state index contributed by atoms with van der Waals surface area (Å²) in [6.45, 7) is 7.21. The minimum atomic E-state index is -0.876. The molecule has 3 rings (SSSR count). The van der Waals surface area contributed by atoms with Gasteiger partial charge in [0.15, 0.2) is 5.96 Å². The quantitative estimate of drug-likeness (QED) is 0.271. The van der Waals surface area contributed by atoms with E-state index in [0.717, 1.165) is 24.0 Å². The van der Waals surface area contributed by atoms with Crippen LogP contribution in [0.2, 0.25) is 0 Å². The Morgan fingerprint density at radius 1 is 1.10 bits per heavy atom. The van der Waals surface area contributed by atoms with Crippen LogP contribution in [0.15, 0.2) is 35.3 Å². The zero-order valence-electron chi connectivity index (χ0n) is 19.1. The van der Waals surface area contributed by atoms with Crippen LogP contribution in [0.1, 0.15) is 57.4 Å². The molecular formula is C24H41IN4OS. The Labute approximate surface area is 208 Å². The molecule has 0 bridgehead atoms. The van der Waals surface area contributed by atoms with Crippen molar-refractivity contribution in [3.05, 3.63) is 35.9 Å². The van der Waals surface area contributed by atoms with Gasteiger partial charge in [-0.15, -0.1) is 24.0 Å². The van der Waals surface area contributed by atoms with Crippen molar-refractivity contribution >= 4 is 40.7 Å². The molecule has 0 amide bonds. The number of halogens is 1. The molecule has 0 aromatic heterocycles. The molecule has 1 saturated heterocycles. The average molecular weight is 561 g/mol. The zero-order valence-corrected chi connectivity index (χ0v) is 22.2. The van der Waals surface area contributed by atoms with E-state index in [9.17, 15) is 4.21 Å². The van der Waals surface area contributed by atoms with Crippen LogP contribution in [-0.4, -0.2) is 59.6 Å². The summed E-state index contributed by atoms with van der Waals surface area (Å²) in [5, 5.41) is 6.97. The summed E-state index contributed by atoms with van der Waals surface area (Å²) in [7, 11) is -0.876. The number of aliphatic imine (C=N–C) groups is 1. The van der Waals surface area contributed by atoms with Crippen LogP contribution in [0.25, 0.3) is 0 Å². The molecule has 1 aromatic rings. The summed E-state index contributed by atoms with van der Waals surface area (Å²) in [5.74, 6) is 3.02. The standard InChI is InChI=1S/C24H40N4OS.HI/c1-2-25-24(26-15-18-30(29)20-22-11-7-4-8-12-22)27-23-13-16-28(17-14-23)19-21-9-5-3-6-10-21;/h4,7-8,11-12,21,23H,2-3,5-6,9-10,13-20H2,1H3,(H2,25,26,27);1H. The summed E-state index contributed by atoms with van der Waals surface area (Å²) in [5.41, 5.74) is 1.13. The van der Waals surface area contributed by atoms with Crippen LogP contribution in [0.3, 0.4) is 0 Å². The van der Waals surface area contributed by atoms with E-state index in [2.05, 4.69) is 27.4 Å². The monoisotopic (exact) mass is 560 g/mol. The van der Waals surface area contributed by atoms with Gasteiger partial charge in [-0.05, 0) is 44.1 Å². The van der Waals surface area contributed by atoms with E-state index < -0.39 is 10.8 Å². The first-order valence-electron chi connectivity index (χ1n) is 11.9. The van der Waals surface area contributed by atoms with Gasteiger partial charge in [0.05, 0.1) is 6.54 Å². The second-order valence-electron chi connectivity index (χ2n) is 8.76. The number of nitrogens with zero attached hydrogens (tertiary/aromatic N) is 2. The molecular weight excluding hydrogens is 519 g/mol. The Hall–Kier alpha value is -0.670. The number of hydrogen-bond acceptors (Lipinski definition) is 3. The molecule has 7 heteroatoms. The first-order valence-corrected chi connectivity index (χ1v) is 13.4. The van der Waals surface area contributed by atoms with Crippen LogP contribution in [-0.2, 0) is 16.6 Å². The molecule has 0 spiro atoms. The van der Waals surface area contributed by atoms with Crippen molar-refractivity contribution in [3.63, 3.8) is 0 Å². The van der Waals surface area contributed by atoms with Gasteiger partial charge < -0.3 is 15.5 Å². The maximum Gasteiger partial charge on any atom is 0.191 e. The lowest BCUT2D eigenvalue weighted by atomic mass is 9.88. The Balaban J connectivity index is 0.00000341. The largest absolute Gasteiger partial charge is 0.357 e. The zero-order chi connectivity index (χ0) is 21.0. The van der Waals surface area contributed by atoms with Gasteiger partial charge in [0.2, 0.25) is 0 Å². The number of piperidine rings is 1. The Kier molecular flexibility index (Phi) is 13.0. The lowest BCUT2D eigenvalue weighted by Crippen LogP contribution is -2.49. The van der Waals surface area contributed by atoms with Gasteiger partial charge in [0.1, 0.15) is 0 Å². The van der Waals surface area contributed by atoms with Crippen molar-refractivity contribution in [2.24, 2.45) is 10.9 Å². The van der Waals surface area contributed by atoms with Gasteiger partial charge in [-0.1, -0.05) is 49.6 Å². The number of rotatable bonds is 9. The molecule has 31 heavy (non-hydrogen) atoms. The summed E-state index contributed by atoms with van der Waals surface area (Å²) in [4.78, 5) is 7.36. The number of nitrogens with one attached hydrogen (secondary N) is 2. The highest BCUT2D eigenvalue weighted by Gasteiger charge is 2.23. The molecule has 2 aliphatic rings. The smallest absolute Gasteiger partial charge is 0.191 e. The molecule has 1 unspecified atom stereocenters. The SMILES string of the molecule is CCNC(=NCCS(=O)Cc1ccccc1)NC1CCN(CC2CCCCC2)CC1.I. The molecule has 2 N–H and O–H groups in total. The van der Waals surface area contributed by atoms with Crippen molar-refractivity contribution in [3.8, 4) is 0 Å². The minimum Gasteiger partial charge on any atom is -0.357 e. The van der Waals surface area contributed by atoms with Crippen LogP contribution in [0, 0.1) is 5.92 Å². The molecule has 5 nitrogen and oxygen atoms in total. The lowest BCUT2D eigenvalue weighted by Gasteiger charge is -2.36. The predicted molar refractivity (Wildman–Crippen MR) is 144 cm³/mol. The highest BCUT2D eigenvalue weighted by Crippen LogP contribution is 2.25. The van der Waals surface area contributed by atoms with Gasteiger partial charge in [0.25, 0.3) is 0 Å². The van der Waals surface area contributed by atoms with E-state index in [1.54, 1.807) is 0 Å². The molecule has 1 heterocycles. The number of hydrogen-bond donors (Lipinski definition) is 2. The topological polar surface area (TPSA) is 56.7 Å². The second-order valence-corrected chi connectivity index (χ2v) is 10.3. The summed E-state index contributed by atoms with van der Waals surface area (Å²) >= 11 is 0. The summed E-state index contributed by atoms with van der Waals surface area (Å²) < 4.78 is 12.3. The molecule has 1 aliphatic carbocycles. The van der Waals surface area contributed by atoms with Crippen LogP contribution < -0.4 is 10.6 Å². The van der Waals surface area contributed by atoms with E-state index >= 15 is 0 Å². The normalized spacial score (nSPS) is 20.1. The molecule has 2 fully saturated rings. The van der Waals surface area contributed by atoms with Crippen molar-refractivity contribution < 1.29 is 4.21 Å². The number of likely N-dealkylation sites (tertiary alicyclic amines) is 1. The Morgan fingerprint density at radius 2 is 1.81 bits per heavy atom. The third kappa shape index (κ3) is 10.2. The van der Waals surface area contributed by atoms with Gasteiger partial charge >= 0.3 is 0 Å². The van der Waals surface area contributed by atoms with Gasteiger partial charge in [-0.2, -0.15) is 0 Å². The maximum atomic E-state index is 12.3. The second kappa shape index (κ2) is 15.2. The highest BCUT2D eigenvalue weighted by molar-refractivity contribution is 14.0. The Bertz CT molecular complexity index is 659. The first kappa shape index (κ1) is 26.6.